The SMILES string of the molecule is CSCC[C@@H](C(=O)O)N1C(=O)/C(=C\c2ccc3nccnc3c2)SC1=S. The molecule has 9 heteroatoms. The van der Waals surface area contributed by atoms with Crippen LogP contribution >= 0.6 is 35.7 Å². The molecule has 1 atom stereocenters. The highest BCUT2D eigenvalue weighted by Gasteiger charge is 2.40. The third kappa shape index (κ3) is 3.89. The molecule has 0 saturated carbocycles. The normalized spacial score (nSPS) is 17.3. The van der Waals surface area contributed by atoms with Gasteiger partial charge in [0.05, 0.1) is 15.9 Å². The third-order valence-corrected chi connectivity index (χ3v) is 5.78. The van der Waals surface area contributed by atoms with E-state index in [0.29, 0.717) is 17.1 Å². The quantitative estimate of drug-likeness (QED) is 0.580. The maximum absolute atomic E-state index is 12.7. The Kier molecular flexibility index (Phi) is 5.90. The summed E-state index contributed by atoms with van der Waals surface area (Å²) in [6, 6.07) is 4.56. The summed E-state index contributed by atoms with van der Waals surface area (Å²) in [6.45, 7) is 0. The Balaban J connectivity index is 1.89. The van der Waals surface area contributed by atoms with Crippen molar-refractivity contribution < 1.29 is 14.7 Å². The van der Waals surface area contributed by atoms with Crippen LogP contribution in [-0.2, 0) is 9.59 Å². The van der Waals surface area contributed by atoms with Crippen molar-refractivity contribution in [1.29, 1.82) is 0 Å². The van der Waals surface area contributed by atoms with Gasteiger partial charge in [-0.3, -0.25) is 19.7 Å². The Bertz CT molecular complexity index is 916. The Labute approximate surface area is 164 Å². The lowest BCUT2D eigenvalue weighted by atomic mass is 10.1. The molecule has 0 unspecified atom stereocenters. The smallest absolute Gasteiger partial charge is 0.326 e. The lowest BCUT2D eigenvalue weighted by Crippen LogP contribution is -2.44. The van der Waals surface area contributed by atoms with E-state index in [1.807, 2.05) is 24.5 Å². The number of carboxylic acid groups (broad SMARTS) is 1. The Hall–Kier alpha value is -1.97. The average Bonchev–Trinajstić information content (AvgIpc) is 2.89. The Morgan fingerprint density at radius 3 is 2.81 bits per heavy atom. The molecular formula is C17H15N3O3S3. The van der Waals surface area contributed by atoms with Crippen molar-refractivity contribution in [3.05, 3.63) is 41.1 Å². The molecule has 1 aliphatic rings. The van der Waals surface area contributed by atoms with Crippen LogP contribution in [0.3, 0.4) is 0 Å². The minimum absolute atomic E-state index is 0.273. The lowest BCUT2D eigenvalue weighted by molar-refractivity contribution is -0.145. The first-order valence-corrected chi connectivity index (χ1v) is 10.3. The van der Waals surface area contributed by atoms with E-state index in [-0.39, 0.29) is 10.2 Å². The molecule has 3 rings (SSSR count). The van der Waals surface area contributed by atoms with Crippen molar-refractivity contribution >= 4 is 69.0 Å². The van der Waals surface area contributed by atoms with Gasteiger partial charge < -0.3 is 5.11 Å². The van der Waals surface area contributed by atoms with Gasteiger partial charge in [-0.1, -0.05) is 30.0 Å². The predicted molar refractivity (Wildman–Crippen MR) is 109 cm³/mol. The fraction of sp³-hybridized carbons (Fsp3) is 0.235. The summed E-state index contributed by atoms with van der Waals surface area (Å²) in [5.41, 5.74) is 2.27. The largest absolute Gasteiger partial charge is 0.480 e. The zero-order chi connectivity index (χ0) is 18.7. The van der Waals surface area contributed by atoms with Gasteiger partial charge in [-0.05, 0) is 42.2 Å². The third-order valence-electron chi connectivity index (χ3n) is 3.81. The van der Waals surface area contributed by atoms with Gasteiger partial charge in [0.25, 0.3) is 5.91 Å². The van der Waals surface area contributed by atoms with Crippen LogP contribution in [0.4, 0.5) is 0 Å². The maximum atomic E-state index is 12.7. The van der Waals surface area contributed by atoms with Gasteiger partial charge in [0.2, 0.25) is 0 Å². The number of hydrogen-bond acceptors (Lipinski definition) is 7. The van der Waals surface area contributed by atoms with Crippen LogP contribution < -0.4 is 0 Å². The number of fused-ring (bicyclic) bond motifs is 1. The minimum atomic E-state index is -1.04. The average molecular weight is 406 g/mol. The van der Waals surface area contributed by atoms with E-state index in [0.717, 1.165) is 28.4 Å². The Morgan fingerprint density at radius 1 is 1.38 bits per heavy atom. The standard InChI is InChI=1S/C17H15N3O3S3/c1-25-7-4-13(16(22)23)20-15(21)14(26-17(20)24)9-10-2-3-11-12(8-10)19-6-5-18-11/h2-3,5-6,8-9,13H,4,7H2,1H3,(H,22,23)/b14-9+/t13-/m0/s1. The fourth-order valence-corrected chi connectivity index (χ4v) is 4.38. The summed E-state index contributed by atoms with van der Waals surface area (Å²) in [5.74, 6) is -0.776. The van der Waals surface area contributed by atoms with E-state index < -0.39 is 12.0 Å². The summed E-state index contributed by atoms with van der Waals surface area (Å²) in [6.07, 6.45) is 7.18. The van der Waals surface area contributed by atoms with Crippen LogP contribution in [-0.4, -0.2) is 54.2 Å². The second-order valence-electron chi connectivity index (χ2n) is 5.49. The molecule has 2 heterocycles. The van der Waals surface area contributed by atoms with Gasteiger partial charge in [-0.15, -0.1) is 0 Å². The summed E-state index contributed by atoms with van der Waals surface area (Å²) in [7, 11) is 0. The van der Waals surface area contributed by atoms with E-state index in [1.54, 1.807) is 18.5 Å². The molecular weight excluding hydrogens is 390 g/mol. The van der Waals surface area contributed by atoms with Crippen LogP contribution in [0, 0.1) is 0 Å². The zero-order valence-electron chi connectivity index (χ0n) is 13.8. The molecule has 1 saturated heterocycles. The first-order valence-electron chi connectivity index (χ1n) is 7.71. The van der Waals surface area contributed by atoms with Gasteiger partial charge in [0, 0.05) is 12.4 Å². The van der Waals surface area contributed by atoms with E-state index in [9.17, 15) is 14.7 Å². The number of benzene rings is 1. The topological polar surface area (TPSA) is 83.4 Å². The van der Waals surface area contributed by atoms with E-state index in [4.69, 9.17) is 12.2 Å². The second kappa shape index (κ2) is 8.15. The number of thioether (sulfide) groups is 2. The Morgan fingerprint density at radius 2 is 2.12 bits per heavy atom. The predicted octanol–water partition coefficient (Wildman–Crippen LogP) is 3.04. The van der Waals surface area contributed by atoms with Crippen LogP contribution in [0.25, 0.3) is 17.1 Å². The summed E-state index contributed by atoms with van der Waals surface area (Å²) in [4.78, 5) is 34.4. The van der Waals surface area contributed by atoms with E-state index in [1.165, 1.54) is 16.7 Å². The molecule has 1 aromatic heterocycles. The molecule has 1 aliphatic heterocycles. The first kappa shape index (κ1) is 18.8. The minimum Gasteiger partial charge on any atom is -0.480 e. The number of carbonyl (C=O) groups excluding carboxylic acids is 1. The zero-order valence-corrected chi connectivity index (χ0v) is 16.2. The molecule has 0 bridgehead atoms. The van der Waals surface area contributed by atoms with Crippen molar-refractivity contribution in [2.24, 2.45) is 0 Å². The van der Waals surface area contributed by atoms with Gasteiger partial charge in [-0.25, -0.2) is 4.79 Å². The van der Waals surface area contributed by atoms with Crippen LogP contribution in [0.2, 0.25) is 0 Å². The number of amides is 1. The van der Waals surface area contributed by atoms with E-state index in [2.05, 4.69) is 9.97 Å². The number of carboxylic acids is 1. The van der Waals surface area contributed by atoms with Crippen molar-refractivity contribution in [3.63, 3.8) is 0 Å². The first-order chi connectivity index (χ1) is 12.5. The van der Waals surface area contributed by atoms with Crippen LogP contribution in [0.1, 0.15) is 12.0 Å². The molecule has 1 aromatic carbocycles. The summed E-state index contributed by atoms with van der Waals surface area (Å²) in [5, 5.41) is 9.48. The highest BCUT2D eigenvalue weighted by atomic mass is 32.2. The molecule has 0 spiro atoms. The molecule has 6 nitrogen and oxygen atoms in total. The molecule has 1 N–H and O–H groups in total. The van der Waals surface area contributed by atoms with E-state index >= 15 is 0 Å². The van der Waals surface area contributed by atoms with Crippen molar-refractivity contribution in [1.82, 2.24) is 14.9 Å². The van der Waals surface area contributed by atoms with Crippen molar-refractivity contribution in [2.45, 2.75) is 12.5 Å². The molecule has 26 heavy (non-hydrogen) atoms. The number of nitrogens with zero attached hydrogens (tertiary/aromatic N) is 3. The highest BCUT2D eigenvalue weighted by Crippen LogP contribution is 2.35. The number of aliphatic carboxylic acids is 1. The number of hydrogen-bond donors (Lipinski definition) is 1. The molecule has 1 amide bonds. The number of rotatable bonds is 6. The lowest BCUT2D eigenvalue weighted by Gasteiger charge is -2.22. The molecule has 1 fully saturated rings. The summed E-state index contributed by atoms with van der Waals surface area (Å²) >= 11 is 7.93. The monoisotopic (exact) mass is 405 g/mol. The molecule has 134 valence electrons. The fourth-order valence-electron chi connectivity index (χ4n) is 2.56. The number of aromatic nitrogens is 2. The van der Waals surface area contributed by atoms with Gasteiger partial charge in [0.15, 0.2) is 0 Å². The number of carbonyl (C=O) groups is 2. The number of thiocarbonyl (C=S) groups is 1. The van der Waals surface area contributed by atoms with Crippen LogP contribution in [0.5, 0.6) is 0 Å². The summed E-state index contributed by atoms with van der Waals surface area (Å²) < 4.78 is 0.273. The molecule has 2 aromatic rings. The second-order valence-corrected chi connectivity index (χ2v) is 8.15. The van der Waals surface area contributed by atoms with Gasteiger partial charge in [0.1, 0.15) is 10.4 Å². The molecule has 0 radical (unpaired) electrons. The van der Waals surface area contributed by atoms with Crippen LogP contribution in [0.15, 0.2) is 35.5 Å². The molecule has 0 aliphatic carbocycles. The van der Waals surface area contributed by atoms with Crippen molar-refractivity contribution in [2.75, 3.05) is 12.0 Å². The van der Waals surface area contributed by atoms with Gasteiger partial charge >= 0.3 is 5.97 Å². The van der Waals surface area contributed by atoms with Crippen molar-refractivity contribution in [3.8, 4) is 0 Å². The highest BCUT2D eigenvalue weighted by molar-refractivity contribution is 8.26. The maximum Gasteiger partial charge on any atom is 0.326 e. The van der Waals surface area contributed by atoms with Gasteiger partial charge in [-0.2, -0.15) is 11.8 Å².